The average Bonchev–Trinajstić information content (AvgIpc) is 2.53. The maximum atomic E-state index is 12.8. The summed E-state index contributed by atoms with van der Waals surface area (Å²) in [5.41, 5.74) is -0.664. The average molecular weight is 353 g/mol. The zero-order chi connectivity index (χ0) is 18.4. The number of carbonyl (C=O) groups excluding carboxylic acids is 1. The van der Waals surface area contributed by atoms with Crippen LogP contribution in [0.1, 0.15) is 39.7 Å². The van der Waals surface area contributed by atoms with Crippen LogP contribution >= 0.6 is 0 Å². The van der Waals surface area contributed by atoms with Crippen LogP contribution in [0.15, 0.2) is 36.9 Å². The number of rotatable bonds is 8. The summed E-state index contributed by atoms with van der Waals surface area (Å²) >= 11 is -1.48. The highest BCUT2D eigenvalue weighted by Gasteiger charge is 2.47. The minimum atomic E-state index is -1.48. The summed E-state index contributed by atoms with van der Waals surface area (Å²) in [5.74, 6) is 0.115. The summed E-state index contributed by atoms with van der Waals surface area (Å²) in [6.45, 7) is 11.2. The lowest BCUT2D eigenvalue weighted by Gasteiger charge is -2.35. The summed E-state index contributed by atoms with van der Waals surface area (Å²) in [6.07, 6.45) is 1.85. The van der Waals surface area contributed by atoms with E-state index in [1.165, 1.54) is 0 Å². The van der Waals surface area contributed by atoms with E-state index in [1.54, 1.807) is 44.4 Å². The molecular formula is C18H27NO4S. The van der Waals surface area contributed by atoms with Gasteiger partial charge in [-0.05, 0) is 45.4 Å². The van der Waals surface area contributed by atoms with Crippen molar-refractivity contribution < 1.29 is 18.8 Å². The molecule has 0 aromatic heterocycles. The molecule has 0 aliphatic heterocycles. The van der Waals surface area contributed by atoms with Crippen LogP contribution < -0.4 is 9.46 Å². The Hall–Kier alpha value is -1.50. The fraction of sp³-hybridized carbons (Fsp3) is 0.500. The fourth-order valence-corrected chi connectivity index (χ4v) is 3.04. The van der Waals surface area contributed by atoms with E-state index in [-0.39, 0.29) is 13.0 Å². The maximum Gasteiger partial charge on any atom is 0.335 e. The molecule has 6 heteroatoms. The largest absolute Gasteiger partial charge is 0.598 e. The lowest BCUT2D eigenvalue weighted by Crippen LogP contribution is -2.56. The van der Waals surface area contributed by atoms with Gasteiger partial charge >= 0.3 is 5.97 Å². The van der Waals surface area contributed by atoms with Gasteiger partial charge in [-0.25, -0.2) is 4.79 Å². The number of carbonyl (C=O) groups is 1. The quantitative estimate of drug-likeness (QED) is 0.442. The van der Waals surface area contributed by atoms with Crippen molar-refractivity contribution in [2.45, 2.75) is 44.4 Å². The monoisotopic (exact) mass is 353 g/mol. The van der Waals surface area contributed by atoms with Crippen molar-refractivity contribution in [3.05, 3.63) is 42.5 Å². The van der Waals surface area contributed by atoms with Crippen LogP contribution in [0.4, 0.5) is 0 Å². The molecule has 5 nitrogen and oxygen atoms in total. The number of esters is 1. The first-order valence-corrected chi connectivity index (χ1v) is 8.98. The van der Waals surface area contributed by atoms with E-state index in [0.29, 0.717) is 11.3 Å². The van der Waals surface area contributed by atoms with Crippen LogP contribution in [0.5, 0.6) is 5.75 Å². The van der Waals surface area contributed by atoms with Gasteiger partial charge in [0.25, 0.3) is 0 Å². The van der Waals surface area contributed by atoms with Crippen molar-refractivity contribution in [1.29, 1.82) is 0 Å². The number of benzene rings is 1. The van der Waals surface area contributed by atoms with Crippen LogP contribution in [-0.2, 0) is 26.4 Å². The van der Waals surface area contributed by atoms with Crippen LogP contribution in [0.2, 0.25) is 0 Å². The third-order valence-electron chi connectivity index (χ3n) is 3.46. The van der Waals surface area contributed by atoms with Crippen LogP contribution in [0.3, 0.4) is 0 Å². The van der Waals surface area contributed by atoms with Crippen molar-refractivity contribution in [2.24, 2.45) is 0 Å². The lowest BCUT2D eigenvalue weighted by molar-refractivity contribution is -0.150. The lowest BCUT2D eigenvalue weighted by atomic mass is 9.87. The molecule has 1 N–H and O–H groups in total. The first-order valence-electron chi connectivity index (χ1n) is 7.83. The second-order valence-corrected chi connectivity index (χ2v) is 8.30. The molecule has 1 aromatic rings. The smallest absolute Gasteiger partial charge is 0.335 e. The number of ether oxygens (including phenoxy) is 2. The first kappa shape index (κ1) is 20.5. The van der Waals surface area contributed by atoms with Crippen molar-refractivity contribution in [3.63, 3.8) is 0 Å². The van der Waals surface area contributed by atoms with Gasteiger partial charge in [0, 0.05) is 17.8 Å². The van der Waals surface area contributed by atoms with E-state index in [2.05, 4.69) is 11.3 Å². The molecule has 0 aliphatic rings. The van der Waals surface area contributed by atoms with Crippen molar-refractivity contribution in [3.8, 4) is 5.75 Å². The SMILES string of the molecule is C=CC[C@](N[S+]([O-])C(C)(C)C)(C(=O)OCC)c1cccc(OC)c1. The minimum absolute atomic E-state index is 0.228. The van der Waals surface area contributed by atoms with E-state index in [0.717, 1.165) is 0 Å². The van der Waals surface area contributed by atoms with Crippen LogP contribution in [-0.4, -0.2) is 29.0 Å². The Labute approximate surface area is 147 Å². The third kappa shape index (κ3) is 4.75. The highest BCUT2D eigenvalue weighted by Crippen LogP contribution is 2.32. The predicted molar refractivity (Wildman–Crippen MR) is 97.2 cm³/mol. The van der Waals surface area contributed by atoms with Gasteiger partial charge in [-0.15, -0.1) is 11.3 Å². The van der Waals surface area contributed by atoms with Gasteiger partial charge < -0.3 is 14.0 Å². The Bertz CT molecular complexity index is 570. The standard InChI is InChI=1S/C18H27NO4S/c1-7-12-18(16(20)23-8-2,19-24(21)17(3,4)5)14-10-9-11-15(13-14)22-6/h7,9-11,13,19H,1,8,12H2,2-6H3/t18-,24?/m1/s1. The van der Waals surface area contributed by atoms with Gasteiger partial charge in [0.15, 0.2) is 5.54 Å². The number of hydrogen-bond acceptors (Lipinski definition) is 5. The molecule has 0 radical (unpaired) electrons. The molecule has 0 saturated carbocycles. The molecule has 1 unspecified atom stereocenters. The molecule has 0 spiro atoms. The zero-order valence-electron chi connectivity index (χ0n) is 15.0. The van der Waals surface area contributed by atoms with Gasteiger partial charge in [-0.3, -0.25) is 0 Å². The predicted octanol–water partition coefficient (Wildman–Crippen LogP) is 3.08. The second kappa shape index (κ2) is 8.55. The summed E-state index contributed by atoms with van der Waals surface area (Å²) in [6, 6.07) is 7.10. The highest BCUT2D eigenvalue weighted by atomic mass is 32.2. The van der Waals surface area contributed by atoms with Gasteiger partial charge in [0.05, 0.1) is 13.7 Å². The Morgan fingerprint density at radius 1 is 1.42 bits per heavy atom. The van der Waals surface area contributed by atoms with E-state index in [9.17, 15) is 9.35 Å². The molecule has 24 heavy (non-hydrogen) atoms. The molecular weight excluding hydrogens is 326 g/mol. The van der Waals surface area contributed by atoms with Crippen molar-refractivity contribution in [2.75, 3.05) is 13.7 Å². The Balaban J connectivity index is 3.45. The van der Waals surface area contributed by atoms with E-state index < -0.39 is 27.6 Å². The summed E-state index contributed by atoms with van der Waals surface area (Å²) in [7, 11) is 1.55. The molecule has 0 heterocycles. The Morgan fingerprint density at radius 3 is 2.58 bits per heavy atom. The number of methoxy groups -OCH3 is 1. The second-order valence-electron chi connectivity index (χ2n) is 6.33. The molecule has 0 fully saturated rings. The molecule has 1 aromatic carbocycles. The minimum Gasteiger partial charge on any atom is -0.598 e. The maximum absolute atomic E-state index is 12.8. The van der Waals surface area contributed by atoms with Crippen molar-refractivity contribution >= 4 is 17.3 Å². The van der Waals surface area contributed by atoms with Gasteiger partial charge in [0.1, 0.15) is 10.5 Å². The van der Waals surface area contributed by atoms with Crippen molar-refractivity contribution in [1.82, 2.24) is 4.72 Å². The molecule has 0 amide bonds. The molecule has 1 rings (SSSR count). The molecule has 2 atom stereocenters. The summed E-state index contributed by atoms with van der Waals surface area (Å²) in [4.78, 5) is 12.8. The van der Waals surface area contributed by atoms with Crippen LogP contribution in [0.25, 0.3) is 0 Å². The molecule has 0 aliphatic carbocycles. The van der Waals surface area contributed by atoms with E-state index in [4.69, 9.17) is 9.47 Å². The zero-order valence-corrected chi connectivity index (χ0v) is 15.9. The molecule has 134 valence electrons. The fourth-order valence-electron chi connectivity index (χ4n) is 2.13. The topological polar surface area (TPSA) is 70.6 Å². The third-order valence-corrected chi connectivity index (χ3v) is 5.11. The van der Waals surface area contributed by atoms with Gasteiger partial charge in [0.2, 0.25) is 0 Å². The summed E-state index contributed by atoms with van der Waals surface area (Å²) in [5, 5.41) is 0. The first-order chi connectivity index (χ1) is 11.2. The normalized spacial score (nSPS) is 15.2. The molecule has 0 saturated heterocycles. The van der Waals surface area contributed by atoms with Gasteiger partial charge in [-0.2, -0.15) is 0 Å². The molecule has 0 bridgehead atoms. The highest BCUT2D eigenvalue weighted by molar-refractivity contribution is 7.90. The summed E-state index contributed by atoms with van der Waals surface area (Å²) < 4.78 is 25.7. The Kier molecular flexibility index (Phi) is 7.32. The Morgan fingerprint density at radius 2 is 2.08 bits per heavy atom. The number of hydrogen-bond donors (Lipinski definition) is 1. The number of nitrogens with one attached hydrogen (secondary N) is 1. The van der Waals surface area contributed by atoms with Gasteiger partial charge in [-0.1, -0.05) is 18.2 Å². The van der Waals surface area contributed by atoms with Crippen LogP contribution in [0, 0.1) is 0 Å². The van der Waals surface area contributed by atoms with E-state index in [1.807, 2.05) is 20.8 Å². The van der Waals surface area contributed by atoms with E-state index >= 15 is 0 Å².